The zero-order valence-electron chi connectivity index (χ0n) is 11.5. The molecule has 0 aromatic heterocycles. The molecule has 2 bridgehead atoms. The summed E-state index contributed by atoms with van der Waals surface area (Å²) in [6, 6.07) is 7.18. The molecule has 0 spiro atoms. The van der Waals surface area contributed by atoms with Crippen molar-refractivity contribution in [3.8, 4) is 5.75 Å². The van der Waals surface area contributed by atoms with E-state index in [1.807, 2.05) is 12.1 Å². The van der Waals surface area contributed by atoms with Crippen LogP contribution >= 0.6 is 0 Å². The maximum absolute atomic E-state index is 10.4. The lowest BCUT2D eigenvalue weighted by molar-refractivity contribution is 0.0692. The van der Waals surface area contributed by atoms with E-state index in [0.29, 0.717) is 5.92 Å². The van der Waals surface area contributed by atoms with Crippen LogP contribution in [0.25, 0.3) is 0 Å². The van der Waals surface area contributed by atoms with Gasteiger partial charge in [0, 0.05) is 11.8 Å². The Hall–Kier alpha value is -1.35. The number of phenols is 1. The summed E-state index contributed by atoms with van der Waals surface area (Å²) in [5.41, 5.74) is 0.378. The van der Waals surface area contributed by atoms with Crippen LogP contribution < -0.4 is 0 Å². The highest BCUT2D eigenvalue weighted by molar-refractivity contribution is 5.83. The van der Waals surface area contributed by atoms with Crippen LogP contribution in [0.2, 0.25) is 0 Å². The molecule has 0 amide bonds. The first-order valence-electron chi connectivity index (χ1n) is 6.99. The molecule has 2 N–H and O–H groups in total. The third-order valence-electron chi connectivity index (χ3n) is 5.44. The number of hydrogen-bond acceptors (Lipinski definition) is 3. The Kier molecular flexibility index (Phi) is 2.72. The van der Waals surface area contributed by atoms with Crippen molar-refractivity contribution in [2.75, 3.05) is 0 Å². The predicted molar refractivity (Wildman–Crippen MR) is 75.6 cm³/mol. The largest absolute Gasteiger partial charge is 0.507 e. The van der Waals surface area contributed by atoms with Crippen LogP contribution in [-0.4, -0.2) is 28.1 Å². The van der Waals surface area contributed by atoms with Crippen molar-refractivity contribution >= 4 is 6.21 Å². The fourth-order valence-electron chi connectivity index (χ4n) is 4.00. The first kappa shape index (κ1) is 12.7. The zero-order chi connectivity index (χ0) is 13.7. The van der Waals surface area contributed by atoms with Crippen molar-refractivity contribution in [1.29, 1.82) is 0 Å². The molecule has 1 aromatic rings. The Balaban J connectivity index is 1.96. The Morgan fingerprint density at radius 3 is 2.63 bits per heavy atom. The molecule has 2 aliphatic rings. The van der Waals surface area contributed by atoms with Gasteiger partial charge in [-0.1, -0.05) is 26.0 Å². The summed E-state index contributed by atoms with van der Waals surface area (Å²) < 4.78 is 0. The van der Waals surface area contributed by atoms with E-state index >= 15 is 0 Å². The molecule has 3 rings (SSSR count). The Morgan fingerprint density at radius 2 is 2.05 bits per heavy atom. The summed E-state index contributed by atoms with van der Waals surface area (Å²) in [6.07, 6.45) is 4.31. The molecule has 3 atom stereocenters. The first-order valence-corrected chi connectivity index (χ1v) is 6.99. The number of nitrogens with zero attached hydrogens (tertiary/aromatic N) is 1. The average Bonchev–Trinajstić information content (AvgIpc) is 2.72. The lowest BCUT2D eigenvalue weighted by Gasteiger charge is -2.36. The van der Waals surface area contributed by atoms with Crippen LogP contribution in [0.1, 0.15) is 38.7 Å². The molecule has 19 heavy (non-hydrogen) atoms. The van der Waals surface area contributed by atoms with E-state index in [1.54, 1.807) is 18.3 Å². The van der Waals surface area contributed by atoms with Crippen LogP contribution in [-0.2, 0) is 0 Å². The van der Waals surface area contributed by atoms with Crippen molar-refractivity contribution in [3.05, 3.63) is 29.8 Å². The Labute approximate surface area is 114 Å². The van der Waals surface area contributed by atoms with E-state index in [9.17, 15) is 10.2 Å². The van der Waals surface area contributed by atoms with E-state index in [4.69, 9.17) is 4.99 Å². The van der Waals surface area contributed by atoms with Crippen LogP contribution in [0.4, 0.5) is 0 Å². The van der Waals surface area contributed by atoms with Gasteiger partial charge in [-0.2, -0.15) is 0 Å². The highest BCUT2D eigenvalue weighted by atomic mass is 16.3. The molecule has 3 nitrogen and oxygen atoms in total. The van der Waals surface area contributed by atoms with Gasteiger partial charge in [0.15, 0.2) is 0 Å². The molecule has 2 aliphatic carbocycles. The molecule has 102 valence electrons. The molecule has 0 aliphatic heterocycles. The molecule has 2 saturated carbocycles. The molecule has 1 aromatic carbocycles. The topological polar surface area (TPSA) is 52.8 Å². The summed E-state index contributed by atoms with van der Waals surface area (Å²) >= 11 is 0. The van der Waals surface area contributed by atoms with Crippen LogP contribution in [0.15, 0.2) is 29.3 Å². The number of aliphatic hydroxyl groups is 1. The molecule has 2 fully saturated rings. The van der Waals surface area contributed by atoms with Crippen LogP contribution in [0.5, 0.6) is 5.75 Å². The Morgan fingerprint density at radius 1 is 1.32 bits per heavy atom. The van der Waals surface area contributed by atoms with E-state index < -0.39 is 0 Å². The Bertz CT molecular complexity index is 523. The predicted octanol–water partition coefficient (Wildman–Crippen LogP) is 2.75. The van der Waals surface area contributed by atoms with Crippen molar-refractivity contribution in [2.45, 2.75) is 44.8 Å². The van der Waals surface area contributed by atoms with E-state index in [2.05, 4.69) is 13.8 Å². The lowest BCUT2D eigenvalue weighted by Crippen LogP contribution is -2.44. The number of aliphatic imine (C=N–C) groups is 1. The SMILES string of the molecule is CC1(C)[C@@H]2CC[C@]1(N=Cc1ccccc1O)[C@H](O)C2. The third kappa shape index (κ3) is 1.64. The van der Waals surface area contributed by atoms with Gasteiger partial charge in [0.25, 0.3) is 0 Å². The molecule has 0 saturated heterocycles. The van der Waals surface area contributed by atoms with Gasteiger partial charge >= 0.3 is 0 Å². The second-order valence-corrected chi connectivity index (χ2v) is 6.45. The quantitative estimate of drug-likeness (QED) is 0.802. The number of aromatic hydroxyl groups is 1. The highest BCUT2D eigenvalue weighted by Crippen LogP contribution is 2.62. The minimum atomic E-state index is -0.375. The van der Waals surface area contributed by atoms with E-state index in [1.165, 1.54) is 0 Å². The molecule has 0 unspecified atom stereocenters. The van der Waals surface area contributed by atoms with Crippen molar-refractivity contribution in [3.63, 3.8) is 0 Å². The van der Waals surface area contributed by atoms with Crippen LogP contribution in [0, 0.1) is 11.3 Å². The number of hydrogen-bond donors (Lipinski definition) is 2. The minimum Gasteiger partial charge on any atom is -0.507 e. The smallest absolute Gasteiger partial charge is 0.124 e. The first-order chi connectivity index (χ1) is 8.97. The normalized spacial score (nSPS) is 36.2. The monoisotopic (exact) mass is 259 g/mol. The van der Waals surface area contributed by atoms with Gasteiger partial charge in [-0.15, -0.1) is 0 Å². The number of para-hydroxylation sites is 1. The maximum atomic E-state index is 10.4. The molecule has 0 radical (unpaired) electrons. The van der Waals surface area contributed by atoms with E-state index in [-0.39, 0.29) is 22.8 Å². The second kappa shape index (κ2) is 4.07. The van der Waals surface area contributed by atoms with Gasteiger partial charge in [0.05, 0.1) is 11.6 Å². The van der Waals surface area contributed by atoms with Gasteiger partial charge in [-0.05, 0) is 42.7 Å². The number of phenolic OH excluding ortho intramolecular Hbond substituents is 1. The van der Waals surface area contributed by atoms with Crippen molar-refractivity contribution in [1.82, 2.24) is 0 Å². The lowest BCUT2D eigenvalue weighted by atomic mass is 9.76. The molecular formula is C16H21NO2. The number of rotatable bonds is 2. The van der Waals surface area contributed by atoms with Gasteiger partial charge in [-0.25, -0.2) is 0 Å². The third-order valence-corrected chi connectivity index (χ3v) is 5.44. The summed E-state index contributed by atoms with van der Waals surface area (Å²) in [4.78, 5) is 4.74. The minimum absolute atomic E-state index is 0.0350. The fraction of sp³-hybridized carbons (Fsp3) is 0.562. The van der Waals surface area contributed by atoms with Crippen molar-refractivity contribution < 1.29 is 10.2 Å². The molecule has 0 heterocycles. The second-order valence-electron chi connectivity index (χ2n) is 6.45. The van der Waals surface area contributed by atoms with Crippen molar-refractivity contribution in [2.24, 2.45) is 16.3 Å². The van der Waals surface area contributed by atoms with Gasteiger partial charge in [0.2, 0.25) is 0 Å². The number of benzene rings is 1. The number of aliphatic hydroxyl groups excluding tert-OH is 1. The van der Waals surface area contributed by atoms with Gasteiger partial charge in [0.1, 0.15) is 5.75 Å². The molecular weight excluding hydrogens is 238 g/mol. The van der Waals surface area contributed by atoms with E-state index in [0.717, 1.165) is 24.8 Å². The highest BCUT2D eigenvalue weighted by Gasteiger charge is 2.64. The summed E-state index contributed by atoms with van der Waals surface area (Å²) in [5.74, 6) is 0.798. The molecule has 3 heteroatoms. The summed E-state index contributed by atoms with van der Waals surface area (Å²) in [6.45, 7) is 4.42. The van der Waals surface area contributed by atoms with Gasteiger partial charge in [-0.3, -0.25) is 4.99 Å². The summed E-state index contributed by atoms with van der Waals surface area (Å²) in [7, 11) is 0. The number of fused-ring (bicyclic) bond motifs is 2. The fourth-order valence-corrected chi connectivity index (χ4v) is 4.00. The standard InChI is InChI=1S/C16H21NO2/c1-15(2)12-7-8-16(15,14(19)9-12)17-10-11-5-3-4-6-13(11)18/h3-6,10,12,14,18-19H,7-9H2,1-2H3/t12-,14-,16+/m1/s1. The average molecular weight is 259 g/mol. The van der Waals surface area contributed by atoms with Crippen LogP contribution in [0.3, 0.4) is 0 Å². The van der Waals surface area contributed by atoms with Gasteiger partial charge < -0.3 is 10.2 Å². The zero-order valence-corrected chi connectivity index (χ0v) is 11.5. The summed E-state index contributed by atoms with van der Waals surface area (Å²) in [5, 5.41) is 20.2. The maximum Gasteiger partial charge on any atom is 0.124 e.